The van der Waals surface area contributed by atoms with E-state index in [1.807, 2.05) is 11.4 Å². The highest BCUT2D eigenvalue weighted by Gasteiger charge is 2.47. The molecule has 2 aliphatic rings. The fourth-order valence-corrected chi connectivity index (χ4v) is 3.83. The van der Waals surface area contributed by atoms with Crippen LogP contribution < -0.4 is 10.6 Å². The molecule has 1 aromatic rings. The van der Waals surface area contributed by atoms with Gasteiger partial charge in [0.15, 0.2) is 0 Å². The number of carbonyl (C=O) groups is 2. The van der Waals surface area contributed by atoms with E-state index < -0.39 is 12.1 Å². The zero-order valence-electron chi connectivity index (χ0n) is 14.0. The maximum atomic E-state index is 12.4. The number of rotatable bonds is 3. The van der Waals surface area contributed by atoms with Gasteiger partial charge in [0.1, 0.15) is 0 Å². The summed E-state index contributed by atoms with van der Waals surface area (Å²) in [6.45, 7) is 3.98. The highest BCUT2D eigenvalue weighted by Crippen LogP contribution is 2.41. The molecule has 26 heavy (non-hydrogen) atoms. The molecular weight excluding hydrogens is 373 g/mol. The van der Waals surface area contributed by atoms with E-state index in [2.05, 4.69) is 16.7 Å². The first-order valence-electron chi connectivity index (χ1n) is 8.13. The Morgan fingerprint density at radius 3 is 2.58 bits per heavy atom. The van der Waals surface area contributed by atoms with E-state index in [4.69, 9.17) is 14.6 Å². The monoisotopic (exact) mass is 394 g/mol. The molecule has 10 heteroatoms. The summed E-state index contributed by atoms with van der Waals surface area (Å²) in [7, 11) is 0. The molecule has 1 amide bonds. The van der Waals surface area contributed by atoms with Crippen molar-refractivity contribution in [3.8, 4) is 0 Å². The van der Waals surface area contributed by atoms with Gasteiger partial charge >= 0.3 is 12.1 Å². The van der Waals surface area contributed by atoms with Crippen molar-refractivity contribution in [2.45, 2.75) is 25.6 Å². The predicted molar refractivity (Wildman–Crippen MR) is 88.7 cm³/mol. The zero-order chi connectivity index (χ0) is 19.2. The molecule has 6 nitrogen and oxygen atoms in total. The molecule has 1 unspecified atom stereocenters. The lowest BCUT2D eigenvalue weighted by Crippen LogP contribution is -2.44. The Labute approximate surface area is 152 Å². The quantitative estimate of drug-likeness (QED) is 0.730. The van der Waals surface area contributed by atoms with Crippen molar-refractivity contribution in [3.63, 3.8) is 0 Å². The van der Waals surface area contributed by atoms with Crippen molar-refractivity contribution < 1.29 is 32.6 Å². The number of halogens is 3. The van der Waals surface area contributed by atoms with Gasteiger partial charge < -0.3 is 20.5 Å². The van der Waals surface area contributed by atoms with E-state index in [-0.39, 0.29) is 17.2 Å². The van der Waals surface area contributed by atoms with E-state index in [1.165, 1.54) is 4.88 Å². The summed E-state index contributed by atoms with van der Waals surface area (Å²) < 4.78 is 37.2. The summed E-state index contributed by atoms with van der Waals surface area (Å²) in [6, 6.07) is 4.07. The smallest absolute Gasteiger partial charge is 0.475 e. The van der Waals surface area contributed by atoms with Crippen LogP contribution in [0.4, 0.5) is 13.2 Å². The molecule has 3 heterocycles. The molecule has 2 saturated heterocycles. The minimum absolute atomic E-state index is 0.0939. The van der Waals surface area contributed by atoms with Gasteiger partial charge in [0.2, 0.25) is 5.91 Å². The Morgan fingerprint density at radius 2 is 2.04 bits per heavy atom. The Hall–Kier alpha value is -1.65. The lowest BCUT2D eigenvalue weighted by molar-refractivity contribution is -0.192. The van der Waals surface area contributed by atoms with Gasteiger partial charge in [-0.05, 0) is 29.7 Å². The molecule has 1 aromatic heterocycles. The third-order valence-electron chi connectivity index (χ3n) is 4.63. The molecule has 1 atom stereocenters. The zero-order valence-corrected chi connectivity index (χ0v) is 14.8. The lowest BCUT2D eigenvalue weighted by atomic mass is 9.72. The summed E-state index contributed by atoms with van der Waals surface area (Å²) in [4.78, 5) is 22.5. The van der Waals surface area contributed by atoms with E-state index >= 15 is 0 Å². The van der Waals surface area contributed by atoms with Crippen molar-refractivity contribution >= 4 is 23.2 Å². The number of alkyl halides is 3. The number of nitrogens with one attached hydrogen (secondary N) is 2. The van der Waals surface area contributed by atoms with Gasteiger partial charge in [-0.1, -0.05) is 6.07 Å². The summed E-state index contributed by atoms with van der Waals surface area (Å²) in [5.74, 6) is -2.47. The van der Waals surface area contributed by atoms with Gasteiger partial charge in [-0.3, -0.25) is 4.79 Å². The molecule has 0 saturated carbocycles. The second kappa shape index (κ2) is 8.83. The van der Waals surface area contributed by atoms with E-state index in [0.29, 0.717) is 6.54 Å². The van der Waals surface area contributed by atoms with Crippen molar-refractivity contribution in [2.24, 2.45) is 11.3 Å². The largest absolute Gasteiger partial charge is 0.490 e. The number of hydrogen-bond donors (Lipinski definition) is 3. The minimum Gasteiger partial charge on any atom is -0.475 e. The van der Waals surface area contributed by atoms with E-state index in [1.54, 1.807) is 11.3 Å². The number of carboxylic acids is 1. The maximum Gasteiger partial charge on any atom is 0.490 e. The number of carboxylic acid groups (broad SMARTS) is 1. The number of ether oxygens (including phenoxy) is 1. The second-order valence-corrected chi connectivity index (χ2v) is 7.29. The number of thiophene rings is 1. The molecule has 2 fully saturated rings. The highest BCUT2D eigenvalue weighted by molar-refractivity contribution is 7.09. The van der Waals surface area contributed by atoms with Crippen LogP contribution in [0.15, 0.2) is 17.5 Å². The molecule has 0 aromatic carbocycles. The van der Waals surface area contributed by atoms with E-state index in [0.717, 1.165) is 39.1 Å². The van der Waals surface area contributed by atoms with Crippen molar-refractivity contribution in [1.29, 1.82) is 0 Å². The number of hydrogen-bond acceptors (Lipinski definition) is 5. The third-order valence-corrected chi connectivity index (χ3v) is 5.51. The number of carbonyl (C=O) groups excluding carboxylic acids is 1. The van der Waals surface area contributed by atoms with Crippen LogP contribution >= 0.6 is 11.3 Å². The normalized spacial score (nSPS) is 21.7. The Bertz CT molecular complexity index is 601. The van der Waals surface area contributed by atoms with Crippen LogP contribution in [0, 0.1) is 11.3 Å². The first kappa shape index (κ1) is 20.7. The molecule has 0 radical (unpaired) electrons. The molecule has 2 aliphatic heterocycles. The van der Waals surface area contributed by atoms with Crippen molar-refractivity contribution in [3.05, 3.63) is 22.4 Å². The fourth-order valence-electron chi connectivity index (χ4n) is 3.19. The first-order chi connectivity index (χ1) is 12.2. The van der Waals surface area contributed by atoms with Crippen LogP contribution in [0.3, 0.4) is 0 Å². The van der Waals surface area contributed by atoms with Crippen LogP contribution in [0.25, 0.3) is 0 Å². The van der Waals surface area contributed by atoms with Gasteiger partial charge in [-0.15, -0.1) is 11.3 Å². The molecular formula is C16H21F3N2O4S. The first-order valence-corrected chi connectivity index (χ1v) is 9.01. The van der Waals surface area contributed by atoms with Gasteiger partial charge in [-0.25, -0.2) is 4.79 Å². The van der Waals surface area contributed by atoms with Crippen LogP contribution in [-0.4, -0.2) is 49.5 Å². The SMILES string of the molecule is O=C(NCc1cccs1)C1CNCC12CCOCC2.O=C(O)C(F)(F)F. The highest BCUT2D eigenvalue weighted by atomic mass is 32.1. The molecule has 146 valence electrons. The van der Waals surface area contributed by atoms with Crippen LogP contribution in [0.2, 0.25) is 0 Å². The Balaban J connectivity index is 0.000000298. The van der Waals surface area contributed by atoms with Gasteiger partial charge in [0, 0.05) is 31.2 Å². The standard InChI is InChI=1S/C14H20N2O2S.C2HF3O2/c17-13(16-8-11-2-1-7-19-11)12-9-15-10-14(12)3-5-18-6-4-14;3-2(4,5)1(6)7/h1-2,7,12,15H,3-6,8-10H2,(H,16,17);(H,6,7). The molecule has 1 spiro atoms. The van der Waals surface area contributed by atoms with Crippen LogP contribution in [0.5, 0.6) is 0 Å². The Morgan fingerprint density at radius 1 is 1.38 bits per heavy atom. The van der Waals surface area contributed by atoms with Crippen molar-refractivity contribution in [1.82, 2.24) is 10.6 Å². The second-order valence-electron chi connectivity index (χ2n) is 6.26. The van der Waals surface area contributed by atoms with Crippen LogP contribution in [0.1, 0.15) is 17.7 Å². The maximum absolute atomic E-state index is 12.4. The average molecular weight is 394 g/mol. The summed E-state index contributed by atoms with van der Waals surface area (Å²) in [5, 5.41) is 15.6. The average Bonchev–Trinajstić information content (AvgIpc) is 3.23. The lowest BCUT2D eigenvalue weighted by Gasteiger charge is -2.37. The third kappa shape index (κ3) is 5.42. The van der Waals surface area contributed by atoms with E-state index in [9.17, 15) is 18.0 Å². The van der Waals surface area contributed by atoms with Gasteiger partial charge in [-0.2, -0.15) is 13.2 Å². The van der Waals surface area contributed by atoms with Gasteiger partial charge in [0.25, 0.3) is 0 Å². The molecule has 0 bridgehead atoms. The Kier molecular flexibility index (Phi) is 7.01. The fraction of sp³-hybridized carbons (Fsp3) is 0.625. The van der Waals surface area contributed by atoms with Gasteiger partial charge in [0.05, 0.1) is 12.5 Å². The number of amides is 1. The number of aliphatic carboxylic acids is 1. The summed E-state index contributed by atoms with van der Waals surface area (Å²) in [5.41, 5.74) is 0.123. The van der Waals surface area contributed by atoms with Crippen LogP contribution in [-0.2, 0) is 20.9 Å². The van der Waals surface area contributed by atoms with Crippen molar-refractivity contribution in [2.75, 3.05) is 26.3 Å². The molecule has 3 N–H and O–H groups in total. The summed E-state index contributed by atoms with van der Waals surface area (Å²) >= 11 is 1.68. The predicted octanol–water partition coefficient (Wildman–Crippen LogP) is 2.01. The minimum atomic E-state index is -5.08. The summed E-state index contributed by atoms with van der Waals surface area (Å²) in [6.07, 6.45) is -3.09. The molecule has 3 rings (SSSR count). The topological polar surface area (TPSA) is 87.7 Å². The molecule has 0 aliphatic carbocycles.